The zero-order valence-electron chi connectivity index (χ0n) is 16.4. The average molecular weight is 383 g/mol. The second-order valence-electron chi connectivity index (χ2n) is 6.64. The molecule has 1 heterocycles. The molecule has 0 radical (unpaired) electrons. The highest BCUT2D eigenvalue weighted by atomic mass is 16.5. The van der Waals surface area contributed by atoms with Crippen molar-refractivity contribution in [2.24, 2.45) is 0 Å². The van der Waals surface area contributed by atoms with E-state index in [2.05, 4.69) is 6.92 Å². The summed E-state index contributed by atoms with van der Waals surface area (Å²) in [4.78, 5) is 26.4. The van der Waals surface area contributed by atoms with E-state index in [1.807, 2.05) is 35.2 Å². The summed E-state index contributed by atoms with van der Waals surface area (Å²) >= 11 is 0. The Labute approximate surface area is 165 Å². The molecule has 0 aromatic heterocycles. The minimum Gasteiger partial charge on any atom is -0.496 e. The summed E-state index contributed by atoms with van der Waals surface area (Å²) in [6.45, 7) is 3.88. The fourth-order valence-electron chi connectivity index (χ4n) is 3.29. The maximum Gasteiger partial charge on any atom is 0.341 e. The Morgan fingerprint density at radius 2 is 1.82 bits per heavy atom. The minimum atomic E-state index is -0.444. The van der Waals surface area contributed by atoms with Gasteiger partial charge in [-0.2, -0.15) is 0 Å². The van der Waals surface area contributed by atoms with Crippen molar-refractivity contribution in [3.8, 4) is 16.9 Å². The first-order chi connectivity index (χ1) is 13.6. The second-order valence-corrected chi connectivity index (χ2v) is 6.64. The third kappa shape index (κ3) is 4.17. The molecule has 1 amide bonds. The zero-order chi connectivity index (χ0) is 20.1. The molecule has 0 unspecified atom stereocenters. The molecule has 0 N–H and O–H groups in total. The van der Waals surface area contributed by atoms with Crippen LogP contribution in [0.2, 0.25) is 0 Å². The van der Waals surface area contributed by atoms with Crippen LogP contribution in [0, 0.1) is 0 Å². The smallest absolute Gasteiger partial charge is 0.341 e. The third-order valence-electron chi connectivity index (χ3n) is 4.95. The van der Waals surface area contributed by atoms with E-state index in [1.54, 1.807) is 12.1 Å². The van der Waals surface area contributed by atoms with Gasteiger partial charge in [0, 0.05) is 18.7 Å². The van der Waals surface area contributed by atoms with Gasteiger partial charge in [-0.1, -0.05) is 25.1 Å². The van der Waals surface area contributed by atoms with Gasteiger partial charge in [0.1, 0.15) is 11.3 Å². The van der Waals surface area contributed by atoms with Gasteiger partial charge in [0.05, 0.1) is 26.9 Å². The van der Waals surface area contributed by atoms with Crippen LogP contribution in [0.25, 0.3) is 11.1 Å². The molecular formula is C22H25NO5. The summed E-state index contributed by atoms with van der Waals surface area (Å²) in [7, 11) is 2.85. The highest BCUT2D eigenvalue weighted by Crippen LogP contribution is 2.28. The largest absolute Gasteiger partial charge is 0.496 e. The van der Waals surface area contributed by atoms with E-state index in [9.17, 15) is 9.59 Å². The van der Waals surface area contributed by atoms with Crippen molar-refractivity contribution in [2.45, 2.75) is 19.4 Å². The van der Waals surface area contributed by atoms with Gasteiger partial charge in [-0.25, -0.2) is 4.79 Å². The Bertz CT molecular complexity index is 847. The van der Waals surface area contributed by atoms with E-state index in [0.717, 1.165) is 17.5 Å². The fourth-order valence-corrected chi connectivity index (χ4v) is 3.29. The van der Waals surface area contributed by atoms with E-state index < -0.39 is 5.97 Å². The van der Waals surface area contributed by atoms with E-state index >= 15 is 0 Å². The number of esters is 1. The lowest BCUT2D eigenvalue weighted by Gasteiger charge is -2.32. The summed E-state index contributed by atoms with van der Waals surface area (Å²) in [5.74, 6) is 0.0237. The van der Waals surface area contributed by atoms with Gasteiger partial charge in [0.2, 0.25) is 0 Å². The number of nitrogens with zero attached hydrogens (tertiary/aromatic N) is 1. The Kier molecular flexibility index (Phi) is 6.31. The molecule has 1 aliphatic rings. The molecule has 0 saturated carbocycles. The summed E-state index contributed by atoms with van der Waals surface area (Å²) < 4.78 is 15.7. The summed E-state index contributed by atoms with van der Waals surface area (Å²) in [6.07, 6.45) is 1.00. The van der Waals surface area contributed by atoms with Gasteiger partial charge in [-0.05, 0) is 41.8 Å². The molecule has 0 bridgehead atoms. The van der Waals surface area contributed by atoms with Crippen LogP contribution in [0.15, 0.2) is 42.5 Å². The quantitative estimate of drug-likeness (QED) is 0.741. The summed E-state index contributed by atoms with van der Waals surface area (Å²) in [5, 5.41) is 0. The Hall–Kier alpha value is -2.86. The lowest BCUT2D eigenvalue weighted by molar-refractivity contribution is -0.0226. The van der Waals surface area contributed by atoms with E-state index in [0.29, 0.717) is 36.6 Å². The Morgan fingerprint density at radius 3 is 2.46 bits per heavy atom. The van der Waals surface area contributed by atoms with Crippen molar-refractivity contribution in [1.82, 2.24) is 4.90 Å². The summed E-state index contributed by atoms with van der Waals surface area (Å²) in [5.41, 5.74) is 2.84. The number of rotatable bonds is 5. The monoisotopic (exact) mass is 383 g/mol. The van der Waals surface area contributed by atoms with Crippen LogP contribution in [0.1, 0.15) is 34.1 Å². The van der Waals surface area contributed by atoms with Gasteiger partial charge in [0.15, 0.2) is 0 Å². The molecule has 2 aromatic carbocycles. The molecule has 1 fully saturated rings. The van der Waals surface area contributed by atoms with Crippen molar-refractivity contribution in [3.05, 3.63) is 53.6 Å². The molecule has 0 spiro atoms. The molecular weight excluding hydrogens is 358 g/mol. The molecule has 2 aromatic rings. The maximum atomic E-state index is 12.8. The predicted octanol–water partition coefficient (Wildman–Crippen LogP) is 3.40. The van der Waals surface area contributed by atoms with Crippen LogP contribution in [-0.2, 0) is 9.47 Å². The zero-order valence-corrected chi connectivity index (χ0v) is 16.4. The topological polar surface area (TPSA) is 65.1 Å². The normalized spacial score (nSPS) is 16.5. The minimum absolute atomic E-state index is 0.0203. The first-order valence-corrected chi connectivity index (χ1v) is 9.35. The molecule has 28 heavy (non-hydrogen) atoms. The number of hydrogen-bond acceptors (Lipinski definition) is 5. The van der Waals surface area contributed by atoms with Crippen molar-refractivity contribution in [3.63, 3.8) is 0 Å². The Morgan fingerprint density at radius 1 is 1.11 bits per heavy atom. The molecule has 3 rings (SSSR count). The number of carbonyl (C=O) groups is 2. The highest BCUT2D eigenvalue weighted by molar-refractivity contribution is 5.95. The summed E-state index contributed by atoms with van der Waals surface area (Å²) in [6, 6.07) is 12.8. The number of morpholine rings is 1. The Balaban J connectivity index is 1.79. The van der Waals surface area contributed by atoms with Crippen molar-refractivity contribution in [2.75, 3.05) is 33.9 Å². The van der Waals surface area contributed by atoms with E-state index in [4.69, 9.17) is 14.2 Å². The number of amides is 1. The lowest BCUT2D eigenvalue weighted by atomic mass is 10.0. The van der Waals surface area contributed by atoms with Gasteiger partial charge in [0.25, 0.3) is 5.91 Å². The van der Waals surface area contributed by atoms with E-state index in [-0.39, 0.29) is 12.0 Å². The molecule has 1 atom stereocenters. The SMILES string of the molecule is CC[C@@H]1CN(C(=O)c2ccc(-c3ccc(C(=O)OC)c(OC)c3)cc2)CCO1. The van der Waals surface area contributed by atoms with Crippen LogP contribution in [0.5, 0.6) is 5.75 Å². The van der Waals surface area contributed by atoms with Crippen molar-refractivity contribution >= 4 is 11.9 Å². The third-order valence-corrected chi connectivity index (χ3v) is 4.95. The van der Waals surface area contributed by atoms with Gasteiger partial charge in [-0.15, -0.1) is 0 Å². The first-order valence-electron chi connectivity index (χ1n) is 9.35. The van der Waals surface area contributed by atoms with Crippen molar-refractivity contribution in [1.29, 1.82) is 0 Å². The predicted molar refractivity (Wildman–Crippen MR) is 106 cm³/mol. The number of methoxy groups -OCH3 is 2. The fraction of sp³-hybridized carbons (Fsp3) is 0.364. The molecule has 6 heteroatoms. The lowest BCUT2D eigenvalue weighted by Crippen LogP contribution is -2.45. The molecule has 1 aliphatic heterocycles. The number of hydrogen-bond donors (Lipinski definition) is 0. The van der Waals surface area contributed by atoms with Gasteiger partial charge >= 0.3 is 5.97 Å². The maximum absolute atomic E-state index is 12.8. The van der Waals surface area contributed by atoms with Crippen LogP contribution in [0.3, 0.4) is 0 Å². The molecule has 6 nitrogen and oxygen atoms in total. The van der Waals surface area contributed by atoms with Gasteiger partial charge in [-0.3, -0.25) is 4.79 Å². The number of benzene rings is 2. The van der Waals surface area contributed by atoms with Crippen LogP contribution in [-0.4, -0.2) is 56.8 Å². The molecule has 148 valence electrons. The van der Waals surface area contributed by atoms with E-state index in [1.165, 1.54) is 14.2 Å². The number of carbonyl (C=O) groups excluding carboxylic acids is 2. The van der Waals surface area contributed by atoms with Crippen molar-refractivity contribution < 1.29 is 23.8 Å². The second kappa shape index (κ2) is 8.89. The molecule has 0 aliphatic carbocycles. The average Bonchev–Trinajstić information content (AvgIpc) is 2.77. The highest BCUT2D eigenvalue weighted by Gasteiger charge is 2.24. The van der Waals surface area contributed by atoms with Crippen LogP contribution < -0.4 is 4.74 Å². The standard InChI is InChI=1S/C22H25NO5/c1-4-18-14-23(11-12-28-18)21(24)16-7-5-15(6-8-16)17-9-10-19(22(25)27-3)20(13-17)26-2/h5-10,13,18H,4,11-12,14H2,1-3H3/t18-/m1/s1. The number of ether oxygens (including phenoxy) is 3. The van der Waals surface area contributed by atoms with Crippen LogP contribution >= 0.6 is 0 Å². The van der Waals surface area contributed by atoms with Gasteiger partial charge < -0.3 is 19.1 Å². The van der Waals surface area contributed by atoms with Crippen LogP contribution in [0.4, 0.5) is 0 Å². The molecule has 1 saturated heterocycles. The first kappa shape index (κ1) is 19.9.